The van der Waals surface area contributed by atoms with Crippen molar-refractivity contribution in [3.63, 3.8) is 0 Å². The average Bonchev–Trinajstić information content (AvgIpc) is 2.66. The molecule has 0 amide bonds. The molecule has 19 heavy (non-hydrogen) atoms. The van der Waals surface area contributed by atoms with E-state index in [0.717, 1.165) is 16.2 Å². The number of thiophene rings is 1. The maximum Gasteiger partial charge on any atom is 0.393 e. The first-order valence-corrected chi connectivity index (χ1v) is 7.13. The van der Waals surface area contributed by atoms with Crippen molar-refractivity contribution >= 4 is 39.7 Å². The molecule has 2 rings (SSSR count). The van der Waals surface area contributed by atoms with Gasteiger partial charge in [-0.25, -0.2) is 4.99 Å². The monoisotopic (exact) mass is 327 g/mol. The minimum atomic E-state index is -4.22. The van der Waals surface area contributed by atoms with E-state index in [1.807, 2.05) is 6.92 Å². The van der Waals surface area contributed by atoms with Crippen LogP contribution in [0.25, 0.3) is 0 Å². The zero-order valence-corrected chi connectivity index (χ0v) is 12.2. The summed E-state index contributed by atoms with van der Waals surface area (Å²) in [7, 11) is 0. The van der Waals surface area contributed by atoms with Crippen molar-refractivity contribution < 1.29 is 13.2 Å². The highest BCUT2D eigenvalue weighted by Gasteiger charge is 2.30. The van der Waals surface area contributed by atoms with Crippen molar-refractivity contribution in [1.82, 2.24) is 0 Å². The molecule has 0 radical (unpaired) electrons. The molecule has 0 N–H and O–H groups in total. The molecule has 1 unspecified atom stereocenters. The third-order valence-electron chi connectivity index (χ3n) is 2.70. The van der Waals surface area contributed by atoms with Crippen molar-refractivity contribution in [2.24, 2.45) is 4.99 Å². The molecule has 1 aliphatic rings. The van der Waals surface area contributed by atoms with Crippen LogP contribution in [-0.2, 0) is 6.42 Å². The van der Waals surface area contributed by atoms with Crippen LogP contribution in [0.4, 0.5) is 13.2 Å². The number of hydrogen-bond donors (Lipinski definition) is 0. The van der Waals surface area contributed by atoms with Crippen LogP contribution >= 0.6 is 34.5 Å². The molecule has 0 bridgehead atoms. The summed E-state index contributed by atoms with van der Waals surface area (Å²) < 4.78 is 37.3. The van der Waals surface area contributed by atoms with Crippen molar-refractivity contribution in [2.45, 2.75) is 31.9 Å². The van der Waals surface area contributed by atoms with Gasteiger partial charge in [-0.2, -0.15) is 13.2 Å². The molecule has 7 heteroatoms. The molecule has 1 aromatic rings. The van der Waals surface area contributed by atoms with Gasteiger partial charge < -0.3 is 0 Å². The first-order chi connectivity index (χ1) is 8.76. The van der Waals surface area contributed by atoms with E-state index in [1.54, 1.807) is 6.08 Å². The summed E-state index contributed by atoms with van der Waals surface area (Å²) in [6.45, 7) is 1.93. The summed E-state index contributed by atoms with van der Waals surface area (Å²) in [4.78, 5) is 5.03. The van der Waals surface area contributed by atoms with Crippen LogP contribution in [0, 0.1) is 0 Å². The largest absolute Gasteiger partial charge is 0.393 e. The van der Waals surface area contributed by atoms with E-state index < -0.39 is 12.6 Å². The first-order valence-electron chi connectivity index (χ1n) is 5.56. The molecule has 0 aliphatic carbocycles. The molecule has 0 spiro atoms. The second-order valence-corrected chi connectivity index (χ2v) is 6.26. The Kier molecular flexibility index (Phi) is 4.28. The Bertz CT molecular complexity index is 546. The summed E-state index contributed by atoms with van der Waals surface area (Å²) in [5.74, 6) is 0.0694. The molecule has 1 atom stereocenters. The van der Waals surface area contributed by atoms with E-state index in [2.05, 4.69) is 4.99 Å². The maximum atomic E-state index is 12.4. The zero-order chi connectivity index (χ0) is 14.2. The third kappa shape index (κ3) is 3.74. The van der Waals surface area contributed by atoms with Gasteiger partial charge in [-0.05, 0) is 24.5 Å². The number of rotatable bonds is 1. The number of allylic oxidation sites excluding steroid dienone is 1. The molecule has 0 saturated carbocycles. The van der Waals surface area contributed by atoms with E-state index in [-0.39, 0.29) is 21.1 Å². The molecular weight excluding hydrogens is 318 g/mol. The van der Waals surface area contributed by atoms with Crippen LogP contribution in [0.3, 0.4) is 0 Å². The fourth-order valence-electron chi connectivity index (χ4n) is 1.85. The SMILES string of the molecule is CC1C/C=C(\Cl)N=C(Cl)c2cc(CC(F)(F)F)sc21. The van der Waals surface area contributed by atoms with Crippen LogP contribution < -0.4 is 0 Å². The van der Waals surface area contributed by atoms with Gasteiger partial charge in [0, 0.05) is 15.3 Å². The molecule has 104 valence electrons. The van der Waals surface area contributed by atoms with Gasteiger partial charge in [-0.15, -0.1) is 11.3 Å². The maximum absolute atomic E-state index is 12.4. The number of nitrogens with zero attached hydrogens (tertiary/aromatic N) is 1. The van der Waals surface area contributed by atoms with Crippen molar-refractivity contribution in [1.29, 1.82) is 0 Å². The molecule has 0 aromatic carbocycles. The summed E-state index contributed by atoms with van der Waals surface area (Å²) in [6.07, 6.45) is -2.81. The van der Waals surface area contributed by atoms with Gasteiger partial charge in [0.2, 0.25) is 0 Å². The first kappa shape index (κ1) is 14.9. The number of hydrogen-bond acceptors (Lipinski definition) is 2. The Balaban J connectivity index is 2.42. The number of alkyl halides is 3. The summed E-state index contributed by atoms with van der Waals surface area (Å²) >= 11 is 13.0. The van der Waals surface area contributed by atoms with Crippen LogP contribution in [0.5, 0.6) is 0 Å². The molecule has 1 aliphatic heterocycles. The van der Waals surface area contributed by atoms with Crippen LogP contribution in [0.15, 0.2) is 22.3 Å². The lowest BCUT2D eigenvalue weighted by atomic mass is 10.0. The number of halogens is 5. The van der Waals surface area contributed by atoms with Gasteiger partial charge in [0.15, 0.2) is 0 Å². The predicted molar refractivity (Wildman–Crippen MR) is 73.4 cm³/mol. The minimum absolute atomic E-state index is 0.0694. The second-order valence-electron chi connectivity index (χ2n) is 4.35. The molecule has 1 aromatic heterocycles. The Morgan fingerprint density at radius 3 is 2.74 bits per heavy atom. The highest BCUT2D eigenvalue weighted by atomic mass is 35.5. The average molecular weight is 328 g/mol. The fraction of sp³-hybridized carbons (Fsp3) is 0.417. The Hall–Kier alpha value is -0.520. The van der Waals surface area contributed by atoms with E-state index in [0.29, 0.717) is 12.0 Å². The topological polar surface area (TPSA) is 12.4 Å². The minimum Gasteiger partial charge on any atom is -0.224 e. The zero-order valence-electron chi connectivity index (χ0n) is 9.89. The normalized spacial score (nSPS) is 22.9. The quantitative estimate of drug-likeness (QED) is 0.610. The lowest BCUT2D eigenvalue weighted by molar-refractivity contribution is -0.126. The van der Waals surface area contributed by atoms with Crippen LogP contribution in [0.1, 0.15) is 34.6 Å². The van der Waals surface area contributed by atoms with Gasteiger partial charge in [0.25, 0.3) is 0 Å². The third-order valence-corrected chi connectivity index (χ3v) is 4.59. The van der Waals surface area contributed by atoms with E-state index >= 15 is 0 Å². The summed E-state index contributed by atoms with van der Waals surface area (Å²) in [5.41, 5.74) is 0.560. The lowest BCUT2D eigenvalue weighted by Gasteiger charge is -2.11. The summed E-state index contributed by atoms with van der Waals surface area (Å²) in [6, 6.07) is 1.46. The summed E-state index contributed by atoms with van der Waals surface area (Å²) in [5, 5.41) is 0.415. The van der Waals surface area contributed by atoms with Gasteiger partial charge in [0.05, 0.1) is 6.42 Å². The van der Waals surface area contributed by atoms with E-state index in [1.165, 1.54) is 6.07 Å². The van der Waals surface area contributed by atoms with Gasteiger partial charge in [-0.3, -0.25) is 0 Å². The molecule has 2 heterocycles. The van der Waals surface area contributed by atoms with E-state index in [4.69, 9.17) is 23.2 Å². The molecule has 0 fully saturated rings. The highest BCUT2D eigenvalue weighted by Crippen LogP contribution is 2.37. The molecule has 0 saturated heterocycles. The van der Waals surface area contributed by atoms with Gasteiger partial charge >= 0.3 is 6.18 Å². The highest BCUT2D eigenvalue weighted by molar-refractivity contribution is 7.12. The number of fused-ring (bicyclic) bond motifs is 1. The second kappa shape index (κ2) is 5.46. The van der Waals surface area contributed by atoms with Crippen molar-refractivity contribution in [3.05, 3.63) is 32.6 Å². The van der Waals surface area contributed by atoms with Gasteiger partial charge in [0.1, 0.15) is 10.3 Å². The van der Waals surface area contributed by atoms with Crippen LogP contribution in [0.2, 0.25) is 0 Å². The van der Waals surface area contributed by atoms with E-state index in [9.17, 15) is 13.2 Å². The Labute approximate surface area is 122 Å². The van der Waals surface area contributed by atoms with Gasteiger partial charge in [-0.1, -0.05) is 30.1 Å². The molecular formula is C12H10Cl2F3NS. The standard InChI is InChI=1S/C12H10Cl2F3NS/c1-6-2-3-9(13)18-11(14)8-4-7(19-10(6)8)5-12(15,16)17/h3-4,6H,2,5H2,1H3/b9-3+,18-11?. The fourth-order valence-corrected chi connectivity index (χ4v) is 3.63. The lowest BCUT2D eigenvalue weighted by Crippen LogP contribution is -2.10. The Morgan fingerprint density at radius 2 is 2.11 bits per heavy atom. The molecule has 1 nitrogen and oxygen atoms in total. The Morgan fingerprint density at radius 1 is 1.42 bits per heavy atom. The van der Waals surface area contributed by atoms with Crippen molar-refractivity contribution in [2.75, 3.05) is 0 Å². The smallest absolute Gasteiger partial charge is 0.224 e. The van der Waals surface area contributed by atoms with Crippen LogP contribution in [-0.4, -0.2) is 11.3 Å². The van der Waals surface area contributed by atoms with Crippen molar-refractivity contribution in [3.8, 4) is 0 Å². The predicted octanol–water partition coefficient (Wildman–Crippen LogP) is 5.43. The number of aliphatic imine (C=N–C) groups is 1.